The number of para-hydroxylation sites is 1. The lowest BCUT2D eigenvalue weighted by molar-refractivity contribution is -0.118. The third kappa shape index (κ3) is 2.67. The predicted molar refractivity (Wildman–Crippen MR) is 100 cm³/mol. The summed E-state index contributed by atoms with van der Waals surface area (Å²) in [5.74, 6) is 0.168. The van der Waals surface area contributed by atoms with Crippen molar-refractivity contribution in [2.75, 3.05) is 11.4 Å². The van der Waals surface area contributed by atoms with Crippen LogP contribution in [0.15, 0.2) is 24.4 Å². The van der Waals surface area contributed by atoms with Crippen LogP contribution < -0.4 is 4.90 Å². The van der Waals surface area contributed by atoms with E-state index in [0.29, 0.717) is 11.4 Å². The number of hydrogen-bond acceptors (Lipinski definition) is 2. The molecule has 2 heterocycles. The summed E-state index contributed by atoms with van der Waals surface area (Å²) in [6.07, 6.45) is 7.88. The molecule has 5 heteroatoms. The van der Waals surface area contributed by atoms with Crippen molar-refractivity contribution in [3.63, 3.8) is 0 Å². The largest absolute Gasteiger partial charge is 0.310 e. The summed E-state index contributed by atoms with van der Waals surface area (Å²) in [5, 5.41) is 4.97. The highest BCUT2D eigenvalue weighted by atomic mass is 35.5. The number of fused-ring (bicyclic) bond motifs is 2. The Kier molecular flexibility index (Phi) is 4.11. The molecule has 1 amide bonds. The van der Waals surface area contributed by atoms with E-state index in [1.807, 2.05) is 41.9 Å². The Labute approximate surface area is 153 Å². The first-order chi connectivity index (χ1) is 12.0. The fourth-order valence-electron chi connectivity index (χ4n) is 4.54. The Balaban J connectivity index is 1.58. The lowest BCUT2D eigenvalue weighted by Gasteiger charge is -2.24. The lowest BCUT2D eigenvalue weighted by atomic mass is 9.81. The monoisotopic (exact) mass is 357 g/mol. The van der Waals surface area contributed by atoms with Gasteiger partial charge in [-0.3, -0.25) is 9.48 Å². The first kappa shape index (κ1) is 16.6. The molecular weight excluding hydrogens is 334 g/mol. The highest BCUT2D eigenvalue weighted by molar-refractivity contribution is 6.34. The molecule has 2 aromatic rings. The maximum Gasteiger partial charge on any atom is 0.227 e. The first-order valence-corrected chi connectivity index (χ1v) is 9.46. The van der Waals surface area contributed by atoms with Crippen molar-refractivity contribution >= 4 is 23.2 Å². The van der Waals surface area contributed by atoms with Gasteiger partial charge >= 0.3 is 0 Å². The third-order valence-corrected chi connectivity index (χ3v) is 6.40. The number of hydrogen-bond donors (Lipinski definition) is 0. The molecule has 1 fully saturated rings. The Bertz CT molecular complexity index is 820. The molecule has 1 aliphatic carbocycles. The Morgan fingerprint density at radius 3 is 2.76 bits per heavy atom. The zero-order chi connectivity index (χ0) is 17.6. The van der Waals surface area contributed by atoms with Gasteiger partial charge in [0.1, 0.15) is 0 Å². The van der Waals surface area contributed by atoms with E-state index in [0.717, 1.165) is 42.8 Å². The SMILES string of the molecule is Cc1c(CCC(=O)N2CC3(CCCC3)c3cccc(Cl)c32)cnn1C. The fraction of sp³-hybridized carbons (Fsp3) is 0.500. The second-order valence-corrected chi connectivity index (χ2v) is 7.89. The maximum absolute atomic E-state index is 13.0. The molecule has 132 valence electrons. The van der Waals surface area contributed by atoms with Crippen molar-refractivity contribution in [1.82, 2.24) is 9.78 Å². The van der Waals surface area contributed by atoms with Gasteiger partial charge in [0, 0.05) is 31.1 Å². The lowest BCUT2D eigenvalue weighted by Crippen LogP contribution is -2.35. The number of aryl methyl sites for hydroxylation is 2. The molecule has 4 rings (SSSR count). The average molecular weight is 358 g/mol. The van der Waals surface area contributed by atoms with Crippen molar-refractivity contribution in [3.8, 4) is 0 Å². The van der Waals surface area contributed by atoms with Crippen LogP contribution in [0.5, 0.6) is 0 Å². The molecule has 1 aromatic heterocycles. The van der Waals surface area contributed by atoms with Gasteiger partial charge in [0.25, 0.3) is 0 Å². The zero-order valence-corrected chi connectivity index (χ0v) is 15.6. The molecule has 0 atom stereocenters. The van der Waals surface area contributed by atoms with Crippen LogP contribution in [-0.4, -0.2) is 22.2 Å². The Hall–Kier alpha value is -1.81. The average Bonchev–Trinajstić information content (AvgIpc) is 3.29. The van der Waals surface area contributed by atoms with Gasteiger partial charge in [-0.25, -0.2) is 0 Å². The first-order valence-electron chi connectivity index (χ1n) is 9.09. The van der Waals surface area contributed by atoms with Crippen LogP contribution in [0.3, 0.4) is 0 Å². The van der Waals surface area contributed by atoms with Crippen LogP contribution in [-0.2, 0) is 23.7 Å². The van der Waals surface area contributed by atoms with Crippen molar-refractivity contribution in [2.24, 2.45) is 7.05 Å². The number of amides is 1. The minimum atomic E-state index is 0.125. The summed E-state index contributed by atoms with van der Waals surface area (Å²) >= 11 is 6.51. The molecule has 0 radical (unpaired) electrons. The van der Waals surface area contributed by atoms with E-state index < -0.39 is 0 Å². The standard InChI is InChI=1S/C20H24ClN3O/c1-14-15(12-22-23(14)2)8-9-18(25)24-13-20(10-3-4-11-20)16-6-5-7-17(21)19(16)24/h5-7,12H,3-4,8-11,13H2,1-2H3. The van der Waals surface area contributed by atoms with Gasteiger partial charge in [0.2, 0.25) is 5.91 Å². The van der Waals surface area contributed by atoms with Crippen LogP contribution >= 0.6 is 11.6 Å². The summed E-state index contributed by atoms with van der Waals surface area (Å²) in [6.45, 7) is 2.83. The molecule has 1 aromatic carbocycles. The van der Waals surface area contributed by atoms with E-state index in [9.17, 15) is 4.79 Å². The van der Waals surface area contributed by atoms with Gasteiger partial charge in [-0.05, 0) is 43.4 Å². The van der Waals surface area contributed by atoms with Crippen LogP contribution in [0.25, 0.3) is 0 Å². The van der Waals surface area contributed by atoms with Crippen molar-refractivity contribution in [2.45, 2.75) is 50.9 Å². The topological polar surface area (TPSA) is 38.1 Å². The van der Waals surface area contributed by atoms with E-state index in [1.54, 1.807) is 0 Å². The summed E-state index contributed by atoms with van der Waals surface area (Å²) in [4.78, 5) is 15.0. The van der Waals surface area contributed by atoms with E-state index >= 15 is 0 Å². The zero-order valence-electron chi connectivity index (χ0n) is 14.9. The fourth-order valence-corrected chi connectivity index (χ4v) is 4.82. The molecule has 1 saturated carbocycles. The van der Waals surface area contributed by atoms with Gasteiger partial charge in [-0.2, -0.15) is 5.10 Å². The van der Waals surface area contributed by atoms with E-state index in [-0.39, 0.29) is 11.3 Å². The van der Waals surface area contributed by atoms with Crippen molar-refractivity contribution in [3.05, 3.63) is 46.2 Å². The Morgan fingerprint density at radius 1 is 1.32 bits per heavy atom. The molecule has 0 unspecified atom stereocenters. The number of anilines is 1. The summed E-state index contributed by atoms with van der Waals surface area (Å²) < 4.78 is 1.86. The number of benzene rings is 1. The molecule has 1 spiro atoms. The summed E-state index contributed by atoms with van der Waals surface area (Å²) in [7, 11) is 1.93. The molecule has 4 nitrogen and oxygen atoms in total. The second-order valence-electron chi connectivity index (χ2n) is 7.48. The van der Waals surface area contributed by atoms with E-state index in [2.05, 4.69) is 11.2 Å². The van der Waals surface area contributed by atoms with Crippen LogP contribution in [0.2, 0.25) is 5.02 Å². The number of rotatable bonds is 3. The smallest absolute Gasteiger partial charge is 0.227 e. The Morgan fingerprint density at radius 2 is 2.08 bits per heavy atom. The van der Waals surface area contributed by atoms with Gasteiger partial charge in [-0.15, -0.1) is 0 Å². The normalized spacial score (nSPS) is 18.1. The summed E-state index contributed by atoms with van der Waals surface area (Å²) in [6, 6.07) is 6.10. The molecule has 0 N–H and O–H groups in total. The molecule has 0 bridgehead atoms. The van der Waals surface area contributed by atoms with Gasteiger partial charge in [0.05, 0.1) is 16.9 Å². The number of aromatic nitrogens is 2. The van der Waals surface area contributed by atoms with Crippen LogP contribution in [0, 0.1) is 6.92 Å². The van der Waals surface area contributed by atoms with Gasteiger partial charge in [-0.1, -0.05) is 36.6 Å². The number of carbonyl (C=O) groups is 1. The van der Waals surface area contributed by atoms with Crippen molar-refractivity contribution in [1.29, 1.82) is 0 Å². The van der Waals surface area contributed by atoms with Gasteiger partial charge < -0.3 is 4.90 Å². The quantitative estimate of drug-likeness (QED) is 0.826. The van der Waals surface area contributed by atoms with Crippen LogP contribution in [0.4, 0.5) is 5.69 Å². The minimum absolute atomic E-state index is 0.125. The molecule has 25 heavy (non-hydrogen) atoms. The molecule has 1 aliphatic heterocycles. The highest BCUT2D eigenvalue weighted by Crippen LogP contribution is 2.52. The maximum atomic E-state index is 13.0. The van der Waals surface area contributed by atoms with Crippen molar-refractivity contribution < 1.29 is 4.79 Å². The summed E-state index contributed by atoms with van der Waals surface area (Å²) in [5.41, 5.74) is 4.63. The van der Waals surface area contributed by atoms with Crippen LogP contribution in [0.1, 0.15) is 48.9 Å². The molecule has 2 aliphatic rings. The van der Waals surface area contributed by atoms with E-state index in [1.165, 1.54) is 18.4 Å². The second kappa shape index (κ2) is 6.17. The number of carbonyl (C=O) groups excluding carboxylic acids is 1. The van der Waals surface area contributed by atoms with Gasteiger partial charge in [0.15, 0.2) is 0 Å². The highest BCUT2D eigenvalue weighted by Gasteiger charge is 2.46. The minimum Gasteiger partial charge on any atom is -0.310 e. The number of halogens is 1. The van der Waals surface area contributed by atoms with E-state index in [4.69, 9.17) is 11.6 Å². The molecule has 0 saturated heterocycles. The number of nitrogens with zero attached hydrogens (tertiary/aromatic N) is 3. The third-order valence-electron chi connectivity index (χ3n) is 6.10. The predicted octanol–water partition coefficient (Wildman–Crippen LogP) is 4.17. The molecular formula is C20H24ClN3O.